The molecule has 0 spiro atoms. The van der Waals surface area contributed by atoms with Gasteiger partial charge in [-0.25, -0.2) is 4.98 Å². The summed E-state index contributed by atoms with van der Waals surface area (Å²) in [4.78, 5) is 4.59. The molecule has 94 valence electrons. The van der Waals surface area contributed by atoms with Gasteiger partial charge in [0.25, 0.3) is 0 Å². The molecule has 19 heavy (non-hydrogen) atoms. The van der Waals surface area contributed by atoms with Crippen LogP contribution >= 0.6 is 0 Å². The van der Waals surface area contributed by atoms with Crippen molar-refractivity contribution in [3.05, 3.63) is 66.0 Å². The van der Waals surface area contributed by atoms with E-state index in [1.807, 2.05) is 12.4 Å². The predicted molar refractivity (Wildman–Crippen MR) is 72.9 cm³/mol. The van der Waals surface area contributed by atoms with E-state index in [-0.39, 0.29) is 0 Å². The Morgan fingerprint density at radius 1 is 1.21 bits per heavy atom. The number of rotatable bonds is 2. The van der Waals surface area contributed by atoms with Crippen molar-refractivity contribution < 1.29 is 4.42 Å². The topological polar surface area (TPSA) is 31.0 Å². The molecule has 0 bridgehead atoms. The molecule has 3 heterocycles. The van der Waals surface area contributed by atoms with Gasteiger partial charge in [-0.05, 0) is 23.6 Å². The van der Waals surface area contributed by atoms with Gasteiger partial charge in [-0.15, -0.1) is 0 Å². The number of nitrogens with zero attached hydrogens (tertiary/aromatic N) is 2. The summed E-state index contributed by atoms with van der Waals surface area (Å²) in [7, 11) is 0. The van der Waals surface area contributed by atoms with E-state index in [2.05, 4.69) is 33.8 Å². The summed E-state index contributed by atoms with van der Waals surface area (Å²) in [6.07, 6.45) is 7.38. The lowest BCUT2D eigenvalue weighted by atomic mass is 9.96. The summed E-state index contributed by atoms with van der Waals surface area (Å²) in [6, 6.07) is 10.6. The molecule has 1 aromatic carbocycles. The number of imidazole rings is 1. The quantitative estimate of drug-likeness (QED) is 0.698. The largest absolute Gasteiger partial charge is 0.472 e. The van der Waals surface area contributed by atoms with Crippen molar-refractivity contribution in [1.82, 2.24) is 9.55 Å². The summed E-state index contributed by atoms with van der Waals surface area (Å²) >= 11 is 0. The fraction of sp³-hybridized carbons (Fsp3) is 0.188. The van der Waals surface area contributed by atoms with Crippen molar-refractivity contribution in [1.29, 1.82) is 0 Å². The lowest BCUT2D eigenvalue weighted by molar-refractivity contribution is 0.564. The SMILES string of the molecule is c1ccc2c(c1)CCn1cnc(Cc3ccoc3)c1-2. The van der Waals surface area contributed by atoms with Gasteiger partial charge in [0.1, 0.15) is 0 Å². The molecular formula is C16H14N2O. The van der Waals surface area contributed by atoms with Crippen molar-refractivity contribution in [2.24, 2.45) is 0 Å². The molecule has 2 aromatic heterocycles. The molecule has 3 heteroatoms. The first kappa shape index (κ1) is 10.6. The van der Waals surface area contributed by atoms with E-state index in [4.69, 9.17) is 4.42 Å². The van der Waals surface area contributed by atoms with Gasteiger partial charge >= 0.3 is 0 Å². The van der Waals surface area contributed by atoms with Crippen LogP contribution in [0.1, 0.15) is 16.8 Å². The van der Waals surface area contributed by atoms with E-state index in [9.17, 15) is 0 Å². The van der Waals surface area contributed by atoms with E-state index in [1.165, 1.54) is 22.4 Å². The lowest BCUT2D eigenvalue weighted by Gasteiger charge is -2.19. The molecule has 0 radical (unpaired) electrons. The van der Waals surface area contributed by atoms with Crippen molar-refractivity contribution in [3.8, 4) is 11.3 Å². The number of fused-ring (bicyclic) bond motifs is 3. The van der Waals surface area contributed by atoms with Crippen LogP contribution in [0, 0.1) is 0 Å². The average Bonchev–Trinajstić information content (AvgIpc) is 3.09. The van der Waals surface area contributed by atoms with E-state index < -0.39 is 0 Å². The van der Waals surface area contributed by atoms with Gasteiger partial charge in [-0.2, -0.15) is 0 Å². The minimum Gasteiger partial charge on any atom is -0.472 e. The fourth-order valence-corrected chi connectivity index (χ4v) is 2.83. The van der Waals surface area contributed by atoms with Crippen molar-refractivity contribution >= 4 is 0 Å². The Labute approximate surface area is 111 Å². The Bertz CT molecular complexity index is 710. The van der Waals surface area contributed by atoms with Crippen LogP contribution in [0.2, 0.25) is 0 Å². The van der Waals surface area contributed by atoms with E-state index in [1.54, 1.807) is 12.5 Å². The number of hydrogen-bond donors (Lipinski definition) is 0. The van der Waals surface area contributed by atoms with Gasteiger partial charge < -0.3 is 8.98 Å². The Balaban J connectivity index is 1.83. The van der Waals surface area contributed by atoms with Crippen molar-refractivity contribution in [2.75, 3.05) is 0 Å². The monoisotopic (exact) mass is 250 g/mol. The highest BCUT2D eigenvalue weighted by atomic mass is 16.3. The van der Waals surface area contributed by atoms with Gasteiger partial charge in [-0.1, -0.05) is 24.3 Å². The average molecular weight is 250 g/mol. The Morgan fingerprint density at radius 2 is 2.16 bits per heavy atom. The molecule has 0 aliphatic carbocycles. The smallest absolute Gasteiger partial charge is 0.0954 e. The maximum absolute atomic E-state index is 5.14. The second kappa shape index (κ2) is 4.12. The van der Waals surface area contributed by atoms with Gasteiger partial charge in [-0.3, -0.25) is 0 Å². The Kier molecular flexibility index (Phi) is 2.30. The molecule has 4 rings (SSSR count). The van der Waals surface area contributed by atoms with Crippen LogP contribution in [0.3, 0.4) is 0 Å². The maximum Gasteiger partial charge on any atom is 0.0954 e. The highest BCUT2D eigenvalue weighted by molar-refractivity contribution is 5.68. The molecule has 0 saturated heterocycles. The third kappa shape index (κ3) is 1.70. The normalized spacial score (nSPS) is 13.1. The Hall–Kier alpha value is -2.29. The number of furan rings is 1. The minimum atomic E-state index is 0.827. The van der Waals surface area contributed by atoms with Crippen molar-refractivity contribution in [3.63, 3.8) is 0 Å². The lowest BCUT2D eigenvalue weighted by Crippen LogP contribution is -2.10. The predicted octanol–water partition coefficient (Wildman–Crippen LogP) is 3.29. The third-order valence-electron chi connectivity index (χ3n) is 3.76. The second-order valence-electron chi connectivity index (χ2n) is 4.95. The molecule has 3 nitrogen and oxygen atoms in total. The van der Waals surface area contributed by atoms with Gasteiger partial charge in [0, 0.05) is 18.5 Å². The first-order valence-corrected chi connectivity index (χ1v) is 6.55. The number of hydrogen-bond acceptors (Lipinski definition) is 2. The third-order valence-corrected chi connectivity index (χ3v) is 3.76. The molecule has 0 saturated carbocycles. The second-order valence-corrected chi connectivity index (χ2v) is 4.95. The molecule has 0 N–H and O–H groups in total. The van der Waals surface area contributed by atoms with Gasteiger partial charge in [0.15, 0.2) is 0 Å². The molecule has 3 aromatic rings. The molecule has 1 aliphatic rings. The molecule has 0 unspecified atom stereocenters. The van der Waals surface area contributed by atoms with Gasteiger partial charge in [0.2, 0.25) is 0 Å². The zero-order valence-electron chi connectivity index (χ0n) is 10.5. The first-order valence-electron chi connectivity index (χ1n) is 6.55. The van der Waals surface area contributed by atoms with Gasteiger partial charge in [0.05, 0.1) is 30.2 Å². The van der Waals surface area contributed by atoms with E-state index in [0.29, 0.717) is 0 Å². The minimum absolute atomic E-state index is 0.827. The summed E-state index contributed by atoms with van der Waals surface area (Å²) < 4.78 is 7.40. The summed E-state index contributed by atoms with van der Waals surface area (Å²) in [6.45, 7) is 1.02. The zero-order chi connectivity index (χ0) is 12.7. The first-order chi connectivity index (χ1) is 9.42. The highest BCUT2D eigenvalue weighted by Crippen LogP contribution is 2.32. The van der Waals surface area contributed by atoms with Crippen LogP contribution in [-0.4, -0.2) is 9.55 Å². The summed E-state index contributed by atoms with van der Waals surface area (Å²) in [5.41, 5.74) is 6.31. The fourth-order valence-electron chi connectivity index (χ4n) is 2.83. The van der Waals surface area contributed by atoms with Crippen LogP contribution in [0.5, 0.6) is 0 Å². The number of aromatic nitrogens is 2. The number of benzene rings is 1. The molecule has 0 fully saturated rings. The van der Waals surface area contributed by atoms with E-state index >= 15 is 0 Å². The van der Waals surface area contributed by atoms with Crippen LogP contribution in [-0.2, 0) is 19.4 Å². The summed E-state index contributed by atoms with van der Waals surface area (Å²) in [5, 5.41) is 0. The Morgan fingerprint density at radius 3 is 3.05 bits per heavy atom. The van der Waals surface area contributed by atoms with Crippen molar-refractivity contribution in [2.45, 2.75) is 19.4 Å². The van der Waals surface area contributed by atoms with Crippen LogP contribution in [0.25, 0.3) is 11.3 Å². The molecule has 1 aliphatic heterocycles. The van der Waals surface area contributed by atoms with Crippen LogP contribution < -0.4 is 0 Å². The molecule has 0 atom stereocenters. The molecule has 0 amide bonds. The summed E-state index contributed by atoms with van der Waals surface area (Å²) in [5.74, 6) is 0. The zero-order valence-corrected chi connectivity index (χ0v) is 10.5. The standard InChI is InChI=1S/C16H14N2O/c1-2-4-14-13(3-1)5-7-18-11-17-15(16(14)18)9-12-6-8-19-10-12/h1-4,6,8,10-11H,5,7,9H2. The van der Waals surface area contributed by atoms with Crippen LogP contribution in [0.15, 0.2) is 53.6 Å². The number of aryl methyl sites for hydroxylation is 2. The molecular weight excluding hydrogens is 236 g/mol. The maximum atomic E-state index is 5.14. The highest BCUT2D eigenvalue weighted by Gasteiger charge is 2.20. The van der Waals surface area contributed by atoms with Crippen LogP contribution in [0.4, 0.5) is 0 Å². The van der Waals surface area contributed by atoms with E-state index in [0.717, 1.165) is 25.1 Å².